The van der Waals surface area contributed by atoms with Crippen molar-refractivity contribution < 1.29 is 9.50 Å². The van der Waals surface area contributed by atoms with Gasteiger partial charge in [0.15, 0.2) is 0 Å². The largest absolute Gasteiger partial charge is 0.388 e. The maximum Gasteiger partial charge on any atom is 0.123 e. The quantitative estimate of drug-likeness (QED) is 0.791. The van der Waals surface area contributed by atoms with Crippen molar-refractivity contribution in [1.82, 2.24) is 0 Å². The lowest BCUT2D eigenvalue weighted by Crippen LogP contribution is -2.06. The maximum absolute atomic E-state index is 13.1. The Balaban J connectivity index is 2.26. The zero-order chi connectivity index (χ0) is 11.2. The number of aliphatic hydroxyl groups excluding tert-OH is 1. The van der Waals surface area contributed by atoms with Gasteiger partial charge in [-0.25, -0.2) is 4.39 Å². The molecule has 0 amide bonds. The molecule has 2 heteroatoms. The van der Waals surface area contributed by atoms with E-state index in [4.69, 9.17) is 0 Å². The van der Waals surface area contributed by atoms with Crippen molar-refractivity contribution in [2.45, 2.75) is 33.3 Å². The highest BCUT2D eigenvalue weighted by atomic mass is 19.1. The minimum Gasteiger partial charge on any atom is -0.388 e. The van der Waals surface area contributed by atoms with Crippen molar-refractivity contribution in [1.29, 1.82) is 0 Å². The van der Waals surface area contributed by atoms with Gasteiger partial charge in [-0.05, 0) is 47.9 Å². The van der Waals surface area contributed by atoms with Crippen molar-refractivity contribution in [2.75, 3.05) is 0 Å². The molecule has 0 aromatic heterocycles. The zero-order valence-electron chi connectivity index (χ0n) is 9.42. The molecular weight excluding hydrogens is 191 g/mol. The predicted molar refractivity (Wildman–Crippen MR) is 58.0 cm³/mol. The van der Waals surface area contributed by atoms with Gasteiger partial charge < -0.3 is 5.11 Å². The minimum atomic E-state index is -0.518. The van der Waals surface area contributed by atoms with E-state index in [0.717, 1.165) is 17.5 Å². The fraction of sp³-hybridized carbons (Fsp3) is 0.538. The normalized spacial score (nSPS) is 25.0. The van der Waals surface area contributed by atoms with Crippen LogP contribution in [0.25, 0.3) is 0 Å². The van der Waals surface area contributed by atoms with Crippen LogP contribution in [0, 0.1) is 24.1 Å². The van der Waals surface area contributed by atoms with Crippen LogP contribution in [-0.4, -0.2) is 5.11 Å². The van der Waals surface area contributed by atoms with Crippen LogP contribution in [0.3, 0.4) is 0 Å². The lowest BCUT2D eigenvalue weighted by Gasteiger charge is -2.15. The number of halogens is 1. The van der Waals surface area contributed by atoms with Gasteiger partial charge in [0.05, 0.1) is 6.10 Å². The molecule has 1 nitrogen and oxygen atoms in total. The van der Waals surface area contributed by atoms with E-state index in [2.05, 4.69) is 13.8 Å². The van der Waals surface area contributed by atoms with Crippen LogP contribution in [0.5, 0.6) is 0 Å². The Kier molecular flexibility index (Phi) is 2.34. The number of rotatable bonds is 2. The average Bonchev–Trinajstić information content (AvgIpc) is 2.78. The highest BCUT2D eigenvalue weighted by Gasteiger charge is 2.50. The molecule has 0 radical (unpaired) electrons. The molecule has 1 aliphatic carbocycles. The van der Waals surface area contributed by atoms with E-state index in [1.165, 1.54) is 12.1 Å². The number of aliphatic hydroxyl groups is 1. The molecule has 1 aliphatic rings. The van der Waals surface area contributed by atoms with Crippen molar-refractivity contribution in [3.8, 4) is 0 Å². The molecule has 1 aromatic carbocycles. The molecular formula is C13H17FO. The second kappa shape index (κ2) is 3.31. The third-order valence-corrected chi connectivity index (χ3v) is 3.53. The van der Waals surface area contributed by atoms with Crippen LogP contribution in [0.1, 0.15) is 37.5 Å². The van der Waals surface area contributed by atoms with E-state index in [1.54, 1.807) is 6.07 Å². The summed E-state index contributed by atoms with van der Waals surface area (Å²) >= 11 is 0. The second-order valence-corrected chi connectivity index (χ2v) is 5.24. The molecule has 0 aliphatic heterocycles. The highest BCUT2D eigenvalue weighted by Crippen LogP contribution is 2.57. The third-order valence-electron chi connectivity index (χ3n) is 3.53. The number of aryl methyl sites for hydroxylation is 1. The second-order valence-electron chi connectivity index (χ2n) is 5.24. The molecule has 0 heterocycles. The van der Waals surface area contributed by atoms with Crippen molar-refractivity contribution in [2.24, 2.45) is 11.3 Å². The Labute approximate surface area is 89.9 Å². The van der Waals surface area contributed by atoms with E-state index in [0.29, 0.717) is 0 Å². The SMILES string of the molecule is Cc1ccc(F)cc1C(O)C1CC1(C)C. The summed E-state index contributed by atoms with van der Waals surface area (Å²) in [5.74, 6) is 0.00565. The first-order valence-electron chi connectivity index (χ1n) is 5.36. The van der Waals surface area contributed by atoms with Crippen LogP contribution in [0.2, 0.25) is 0 Å². The Morgan fingerprint density at radius 1 is 1.47 bits per heavy atom. The van der Waals surface area contributed by atoms with Gasteiger partial charge in [-0.2, -0.15) is 0 Å². The van der Waals surface area contributed by atoms with E-state index >= 15 is 0 Å². The monoisotopic (exact) mass is 208 g/mol. The first kappa shape index (κ1) is 10.6. The van der Waals surface area contributed by atoms with E-state index in [-0.39, 0.29) is 17.2 Å². The molecule has 1 fully saturated rings. The fourth-order valence-corrected chi connectivity index (χ4v) is 2.19. The summed E-state index contributed by atoms with van der Waals surface area (Å²) in [7, 11) is 0. The Morgan fingerprint density at radius 2 is 2.07 bits per heavy atom. The van der Waals surface area contributed by atoms with Gasteiger partial charge in [0.2, 0.25) is 0 Å². The van der Waals surface area contributed by atoms with Crippen LogP contribution >= 0.6 is 0 Å². The molecule has 2 unspecified atom stereocenters. The molecule has 0 spiro atoms. The number of benzene rings is 1. The third kappa shape index (κ3) is 1.91. The first-order valence-corrected chi connectivity index (χ1v) is 5.36. The molecule has 1 saturated carbocycles. The molecule has 1 aromatic rings. The molecule has 82 valence electrons. The summed E-state index contributed by atoms with van der Waals surface area (Å²) < 4.78 is 13.1. The van der Waals surface area contributed by atoms with Gasteiger partial charge in [-0.3, -0.25) is 0 Å². The Morgan fingerprint density at radius 3 is 2.60 bits per heavy atom. The molecule has 2 atom stereocenters. The summed E-state index contributed by atoms with van der Waals surface area (Å²) in [6, 6.07) is 4.61. The summed E-state index contributed by atoms with van der Waals surface area (Å²) in [6.45, 7) is 6.18. The maximum atomic E-state index is 13.1. The van der Waals surface area contributed by atoms with Crippen molar-refractivity contribution in [3.63, 3.8) is 0 Å². The van der Waals surface area contributed by atoms with Crippen LogP contribution in [0.15, 0.2) is 18.2 Å². The molecule has 15 heavy (non-hydrogen) atoms. The summed E-state index contributed by atoms with van der Waals surface area (Å²) in [5, 5.41) is 10.1. The number of hydrogen-bond acceptors (Lipinski definition) is 1. The zero-order valence-corrected chi connectivity index (χ0v) is 9.42. The highest BCUT2D eigenvalue weighted by molar-refractivity contribution is 5.30. The van der Waals surface area contributed by atoms with E-state index in [1.807, 2.05) is 6.92 Å². The van der Waals surface area contributed by atoms with Crippen LogP contribution in [0.4, 0.5) is 4.39 Å². The Hall–Kier alpha value is -0.890. The van der Waals surface area contributed by atoms with Crippen molar-refractivity contribution in [3.05, 3.63) is 35.1 Å². The van der Waals surface area contributed by atoms with Gasteiger partial charge in [0.1, 0.15) is 5.82 Å². The summed E-state index contributed by atoms with van der Waals surface area (Å²) in [5.41, 5.74) is 1.91. The lowest BCUT2D eigenvalue weighted by molar-refractivity contribution is 0.137. The van der Waals surface area contributed by atoms with E-state index in [9.17, 15) is 9.50 Å². The van der Waals surface area contributed by atoms with Gasteiger partial charge in [0.25, 0.3) is 0 Å². The van der Waals surface area contributed by atoms with Gasteiger partial charge in [-0.15, -0.1) is 0 Å². The molecule has 1 N–H and O–H groups in total. The summed E-state index contributed by atoms with van der Waals surface area (Å²) in [4.78, 5) is 0. The number of hydrogen-bond donors (Lipinski definition) is 1. The lowest BCUT2D eigenvalue weighted by atomic mass is 9.96. The molecule has 2 rings (SSSR count). The first-order chi connectivity index (χ1) is 6.92. The standard InChI is InChI=1S/C13H17FO/c1-8-4-5-9(14)6-10(8)12(15)11-7-13(11,2)3/h4-6,11-12,15H,7H2,1-3H3. The topological polar surface area (TPSA) is 20.2 Å². The average molecular weight is 208 g/mol. The van der Waals surface area contributed by atoms with E-state index < -0.39 is 6.10 Å². The predicted octanol–water partition coefficient (Wildman–Crippen LogP) is 3.21. The Bertz CT molecular complexity index is 384. The molecule has 0 saturated heterocycles. The van der Waals surface area contributed by atoms with Gasteiger partial charge >= 0.3 is 0 Å². The smallest absolute Gasteiger partial charge is 0.123 e. The molecule has 0 bridgehead atoms. The minimum absolute atomic E-state index is 0.207. The fourth-order valence-electron chi connectivity index (χ4n) is 2.19. The van der Waals surface area contributed by atoms with Crippen molar-refractivity contribution >= 4 is 0 Å². The summed E-state index contributed by atoms with van der Waals surface area (Å²) in [6.07, 6.45) is 0.500. The van der Waals surface area contributed by atoms with Gasteiger partial charge in [-0.1, -0.05) is 19.9 Å². The van der Waals surface area contributed by atoms with Crippen LogP contribution in [-0.2, 0) is 0 Å². The van der Waals surface area contributed by atoms with Crippen LogP contribution < -0.4 is 0 Å². The van der Waals surface area contributed by atoms with Gasteiger partial charge in [0, 0.05) is 0 Å².